The molecule has 7 heteroatoms. The van der Waals surface area contributed by atoms with Crippen molar-refractivity contribution in [3.8, 4) is 0 Å². The maximum absolute atomic E-state index is 11.4. The Morgan fingerprint density at radius 3 is 2.71 bits per heavy atom. The highest BCUT2D eigenvalue weighted by atomic mass is 32.1. The summed E-state index contributed by atoms with van der Waals surface area (Å²) in [6.07, 6.45) is 0.142. The van der Waals surface area contributed by atoms with E-state index in [-0.39, 0.29) is 30.8 Å². The molecule has 17 heavy (non-hydrogen) atoms. The van der Waals surface area contributed by atoms with Crippen LogP contribution in [-0.2, 0) is 16.0 Å². The van der Waals surface area contributed by atoms with Crippen LogP contribution in [0.5, 0.6) is 0 Å². The minimum Gasteiger partial charge on any atom is -0.375 e. The van der Waals surface area contributed by atoms with Gasteiger partial charge < -0.3 is 16.4 Å². The van der Waals surface area contributed by atoms with Crippen LogP contribution in [0.3, 0.4) is 0 Å². The highest BCUT2D eigenvalue weighted by Gasteiger charge is 2.09. The van der Waals surface area contributed by atoms with Gasteiger partial charge in [-0.2, -0.15) is 0 Å². The van der Waals surface area contributed by atoms with Crippen LogP contribution in [-0.4, -0.2) is 29.4 Å². The van der Waals surface area contributed by atoms with Gasteiger partial charge in [-0.1, -0.05) is 0 Å². The second kappa shape index (κ2) is 6.19. The zero-order chi connectivity index (χ0) is 12.8. The Bertz CT molecular complexity index is 403. The first-order chi connectivity index (χ1) is 7.97. The van der Waals surface area contributed by atoms with E-state index in [2.05, 4.69) is 15.6 Å². The number of nitrogen functional groups attached to an aromatic ring is 1. The smallest absolute Gasteiger partial charge is 0.239 e. The molecular formula is C10H16N4O2S. The van der Waals surface area contributed by atoms with Crippen LogP contribution >= 0.6 is 11.3 Å². The van der Waals surface area contributed by atoms with Gasteiger partial charge in [0.1, 0.15) is 0 Å². The number of carbonyl (C=O) groups is 2. The molecule has 2 amide bonds. The molecule has 0 bridgehead atoms. The monoisotopic (exact) mass is 256 g/mol. The molecule has 1 heterocycles. The molecule has 0 spiro atoms. The first kappa shape index (κ1) is 13.4. The predicted octanol–water partition coefficient (Wildman–Crippen LogP) is -0.0914. The van der Waals surface area contributed by atoms with Gasteiger partial charge in [-0.15, -0.1) is 11.3 Å². The second-order valence-corrected chi connectivity index (χ2v) is 4.74. The Hall–Kier alpha value is -1.63. The zero-order valence-corrected chi connectivity index (χ0v) is 10.6. The van der Waals surface area contributed by atoms with Crippen molar-refractivity contribution in [1.82, 2.24) is 15.6 Å². The van der Waals surface area contributed by atoms with E-state index in [1.54, 1.807) is 5.38 Å². The molecule has 0 saturated carbocycles. The summed E-state index contributed by atoms with van der Waals surface area (Å²) >= 11 is 1.29. The Kier molecular flexibility index (Phi) is 4.89. The highest BCUT2D eigenvalue weighted by Crippen LogP contribution is 2.10. The summed E-state index contributed by atoms with van der Waals surface area (Å²) in [7, 11) is 0. The highest BCUT2D eigenvalue weighted by molar-refractivity contribution is 7.13. The fourth-order valence-electron chi connectivity index (χ4n) is 1.18. The average Bonchev–Trinajstić information content (AvgIpc) is 2.60. The van der Waals surface area contributed by atoms with Gasteiger partial charge in [-0.25, -0.2) is 4.98 Å². The Morgan fingerprint density at radius 2 is 2.18 bits per heavy atom. The van der Waals surface area contributed by atoms with Crippen LogP contribution in [0.2, 0.25) is 0 Å². The number of nitrogens with two attached hydrogens (primary N) is 1. The molecule has 0 radical (unpaired) electrons. The largest absolute Gasteiger partial charge is 0.375 e. The lowest BCUT2D eigenvalue weighted by atomic mass is 10.3. The molecule has 94 valence electrons. The molecule has 0 aliphatic rings. The number of hydrogen-bond donors (Lipinski definition) is 3. The van der Waals surface area contributed by atoms with Crippen molar-refractivity contribution in [2.24, 2.45) is 0 Å². The molecule has 0 aliphatic heterocycles. The molecule has 1 aromatic heterocycles. The van der Waals surface area contributed by atoms with Crippen molar-refractivity contribution in [3.63, 3.8) is 0 Å². The van der Waals surface area contributed by atoms with Crippen molar-refractivity contribution in [2.45, 2.75) is 26.3 Å². The molecule has 0 aliphatic carbocycles. The number of hydrogen-bond acceptors (Lipinski definition) is 5. The molecule has 1 aromatic rings. The molecule has 1 rings (SSSR count). The lowest BCUT2D eigenvalue weighted by Gasteiger charge is -2.08. The van der Waals surface area contributed by atoms with Crippen LogP contribution in [0.4, 0.5) is 5.13 Å². The Balaban J connectivity index is 2.28. The standard InChI is InChI=1S/C10H16N4O2S/c1-6(2)13-9(16)4-12-8(15)3-7-5-17-10(11)14-7/h5-6H,3-4H2,1-2H3,(H2,11,14)(H,12,15)(H,13,16). The summed E-state index contributed by atoms with van der Waals surface area (Å²) in [5.74, 6) is -0.444. The van der Waals surface area contributed by atoms with E-state index in [0.717, 1.165) is 0 Å². The lowest BCUT2D eigenvalue weighted by Crippen LogP contribution is -2.40. The summed E-state index contributed by atoms with van der Waals surface area (Å²) in [6, 6.07) is 0.0674. The van der Waals surface area contributed by atoms with Crippen LogP contribution in [0.25, 0.3) is 0 Å². The van der Waals surface area contributed by atoms with E-state index < -0.39 is 0 Å². The van der Waals surface area contributed by atoms with Crippen molar-refractivity contribution < 1.29 is 9.59 Å². The van der Waals surface area contributed by atoms with Crippen molar-refractivity contribution >= 4 is 28.3 Å². The van der Waals surface area contributed by atoms with E-state index >= 15 is 0 Å². The van der Waals surface area contributed by atoms with E-state index in [0.29, 0.717) is 10.8 Å². The van der Waals surface area contributed by atoms with Crippen molar-refractivity contribution in [1.29, 1.82) is 0 Å². The average molecular weight is 256 g/mol. The fourth-order valence-corrected chi connectivity index (χ4v) is 1.75. The van der Waals surface area contributed by atoms with E-state index in [1.165, 1.54) is 11.3 Å². The minimum absolute atomic E-state index is 0.0172. The van der Waals surface area contributed by atoms with Gasteiger partial charge in [0.15, 0.2) is 5.13 Å². The van der Waals surface area contributed by atoms with Crippen LogP contribution in [0.15, 0.2) is 5.38 Å². The van der Waals surface area contributed by atoms with Crippen LogP contribution in [0, 0.1) is 0 Å². The Morgan fingerprint density at radius 1 is 1.47 bits per heavy atom. The van der Waals surface area contributed by atoms with Gasteiger partial charge in [0.05, 0.1) is 18.7 Å². The van der Waals surface area contributed by atoms with Gasteiger partial charge in [-0.3, -0.25) is 9.59 Å². The third-order valence-electron chi connectivity index (χ3n) is 1.81. The molecule has 0 unspecified atom stereocenters. The first-order valence-corrected chi connectivity index (χ1v) is 6.11. The van der Waals surface area contributed by atoms with Crippen LogP contribution in [0.1, 0.15) is 19.5 Å². The summed E-state index contributed by atoms with van der Waals surface area (Å²) in [6.45, 7) is 3.70. The number of anilines is 1. The summed E-state index contributed by atoms with van der Waals surface area (Å²) in [4.78, 5) is 26.7. The molecular weight excluding hydrogens is 240 g/mol. The van der Waals surface area contributed by atoms with Crippen molar-refractivity contribution in [2.75, 3.05) is 12.3 Å². The summed E-state index contributed by atoms with van der Waals surface area (Å²) < 4.78 is 0. The first-order valence-electron chi connectivity index (χ1n) is 5.23. The van der Waals surface area contributed by atoms with Gasteiger partial charge in [0.25, 0.3) is 0 Å². The van der Waals surface area contributed by atoms with Gasteiger partial charge in [-0.05, 0) is 13.8 Å². The predicted molar refractivity (Wildman–Crippen MR) is 66.5 cm³/mol. The molecule has 0 atom stereocenters. The van der Waals surface area contributed by atoms with Gasteiger partial charge in [0, 0.05) is 11.4 Å². The minimum atomic E-state index is -0.241. The topological polar surface area (TPSA) is 97.1 Å². The van der Waals surface area contributed by atoms with Crippen LogP contribution < -0.4 is 16.4 Å². The maximum Gasteiger partial charge on any atom is 0.239 e. The third-order valence-corrected chi connectivity index (χ3v) is 2.53. The molecule has 0 fully saturated rings. The van der Waals surface area contributed by atoms with E-state index in [1.807, 2.05) is 13.8 Å². The number of amides is 2. The van der Waals surface area contributed by atoms with E-state index in [4.69, 9.17) is 5.73 Å². The number of nitrogens with one attached hydrogen (secondary N) is 2. The van der Waals surface area contributed by atoms with Crippen molar-refractivity contribution in [3.05, 3.63) is 11.1 Å². The molecule has 0 aromatic carbocycles. The quantitative estimate of drug-likeness (QED) is 0.685. The number of thiazole rings is 1. The SMILES string of the molecule is CC(C)NC(=O)CNC(=O)Cc1csc(N)n1. The number of aromatic nitrogens is 1. The normalized spacial score (nSPS) is 10.3. The Labute approximate surface area is 104 Å². The zero-order valence-electron chi connectivity index (χ0n) is 9.82. The number of carbonyl (C=O) groups excluding carboxylic acids is 2. The lowest BCUT2D eigenvalue weighted by molar-refractivity contribution is -0.126. The summed E-state index contributed by atoms with van der Waals surface area (Å²) in [5, 5.41) is 7.36. The maximum atomic E-state index is 11.4. The van der Waals surface area contributed by atoms with Gasteiger partial charge >= 0.3 is 0 Å². The number of rotatable bonds is 5. The number of nitrogens with zero attached hydrogens (tertiary/aromatic N) is 1. The molecule has 6 nitrogen and oxygen atoms in total. The summed E-state index contributed by atoms with van der Waals surface area (Å²) in [5.41, 5.74) is 6.06. The third kappa shape index (κ3) is 5.30. The molecule has 0 saturated heterocycles. The fraction of sp³-hybridized carbons (Fsp3) is 0.500. The van der Waals surface area contributed by atoms with Gasteiger partial charge in [0.2, 0.25) is 11.8 Å². The van der Waals surface area contributed by atoms with E-state index in [9.17, 15) is 9.59 Å². The second-order valence-electron chi connectivity index (χ2n) is 3.85. The molecule has 4 N–H and O–H groups in total.